The third-order valence-electron chi connectivity index (χ3n) is 5.01. The van der Waals surface area contributed by atoms with Crippen molar-refractivity contribution in [2.45, 2.75) is 38.3 Å². The van der Waals surface area contributed by atoms with E-state index in [1.807, 2.05) is 12.1 Å². The van der Waals surface area contributed by atoms with Crippen LogP contribution in [0.5, 0.6) is 0 Å². The van der Waals surface area contributed by atoms with E-state index in [-0.39, 0.29) is 31.4 Å². The second-order valence-electron chi connectivity index (χ2n) is 7.01. The highest BCUT2D eigenvalue weighted by atomic mass is 16.5. The van der Waals surface area contributed by atoms with E-state index in [9.17, 15) is 19.2 Å². The first kappa shape index (κ1) is 20.9. The van der Waals surface area contributed by atoms with Gasteiger partial charge in [-0.05, 0) is 36.5 Å². The van der Waals surface area contributed by atoms with Gasteiger partial charge in [0, 0.05) is 25.1 Å². The zero-order valence-corrected chi connectivity index (χ0v) is 16.0. The van der Waals surface area contributed by atoms with E-state index in [1.165, 1.54) is 0 Å². The zero-order valence-electron chi connectivity index (χ0n) is 16.0. The number of hydrogen-bond donors (Lipinski definition) is 2. The number of amides is 3. The first-order chi connectivity index (χ1) is 14.0. The second kappa shape index (κ2) is 9.62. The quantitative estimate of drug-likeness (QED) is 0.430. The van der Waals surface area contributed by atoms with Crippen LogP contribution in [0.3, 0.4) is 0 Å². The van der Waals surface area contributed by atoms with Crippen molar-refractivity contribution in [1.82, 2.24) is 10.2 Å². The van der Waals surface area contributed by atoms with Crippen molar-refractivity contribution in [2.24, 2.45) is 0 Å². The van der Waals surface area contributed by atoms with Crippen LogP contribution in [-0.2, 0) is 36.8 Å². The summed E-state index contributed by atoms with van der Waals surface area (Å²) in [7, 11) is 0. The number of carbonyl (C=O) groups excluding carboxylic acids is 3. The molecule has 0 saturated carbocycles. The van der Waals surface area contributed by atoms with Crippen molar-refractivity contribution in [3.63, 3.8) is 0 Å². The van der Waals surface area contributed by atoms with Crippen molar-refractivity contribution >= 4 is 23.7 Å². The number of aliphatic carboxylic acids is 1. The molecule has 9 heteroatoms. The van der Waals surface area contributed by atoms with E-state index in [0.29, 0.717) is 31.7 Å². The van der Waals surface area contributed by atoms with Crippen LogP contribution in [0.2, 0.25) is 0 Å². The molecule has 3 amide bonds. The number of nitrogens with zero attached hydrogens (tertiary/aromatic N) is 1. The summed E-state index contributed by atoms with van der Waals surface area (Å²) in [6, 6.07) is 4.95. The van der Waals surface area contributed by atoms with E-state index >= 15 is 0 Å². The molecule has 9 nitrogen and oxygen atoms in total. The third kappa shape index (κ3) is 5.18. The molecule has 0 spiro atoms. The topological polar surface area (TPSA) is 122 Å². The number of carboxylic acids is 1. The number of nitrogens with one attached hydrogen (secondary N) is 1. The smallest absolute Gasteiger partial charge is 0.329 e. The number of rotatable bonds is 10. The number of benzene rings is 1. The van der Waals surface area contributed by atoms with Gasteiger partial charge in [-0.3, -0.25) is 19.7 Å². The monoisotopic (exact) mass is 404 g/mol. The number of piperidine rings is 1. The van der Waals surface area contributed by atoms with Crippen LogP contribution < -0.4 is 5.32 Å². The molecular formula is C20H24N2O7. The average Bonchev–Trinajstić information content (AvgIpc) is 3.01. The number of fused-ring (bicyclic) bond motifs is 1. The van der Waals surface area contributed by atoms with Gasteiger partial charge in [-0.1, -0.05) is 12.1 Å². The first-order valence-corrected chi connectivity index (χ1v) is 9.60. The highest BCUT2D eigenvalue weighted by Gasteiger charge is 2.39. The van der Waals surface area contributed by atoms with E-state index in [1.54, 1.807) is 11.0 Å². The number of carbonyl (C=O) groups is 4. The fourth-order valence-corrected chi connectivity index (χ4v) is 3.63. The molecule has 1 aromatic carbocycles. The molecule has 29 heavy (non-hydrogen) atoms. The molecule has 2 aliphatic rings. The third-order valence-corrected chi connectivity index (χ3v) is 5.01. The maximum absolute atomic E-state index is 12.8. The van der Waals surface area contributed by atoms with Gasteiger partial charge in [0.2, 0.25) is 11.8 Å². The molecule has 1 fully saturated rings. The molecule has 1 unspecified atom stereocenters. The van der Waals surface area contributed by atoms with Crippen molar-refractivity contribution in [3.8, 4) is 0 Å². The molecule has 2 aliphatic heterocycles. The Bertz CT molecular complexity index is 808. The fraction of sp³-hybridized carbons (Fsp3) is 0.500. The lowest BCUT2D eigenvalue weighted by molar-refractivity contribution is -0.142. The van der Waals surface area contributed by atoms with Gasteiger partial charge in [0.05, 0.1) is 13.2 Å². The molecule has 1 atom stereocenters. The summed E-state index contributed by atoms with van der Waals surface area (Å²) < 4.78 is 10.3. The van der Waals surface area contributed by atoms with Crippen molar-refractivity contribution in [1.29, 1.82) is 0 Å². The summed E-state index contributed by atoms with van der Waals surface area (Å²) >= 11 is 0. The van der Waals surface area contributed by atoms with Crippen LogP contribution >= 0.6 is 0 Å². The molecule has 2 heterocycles. The Morgan fingerprint density at radius 3 is 2.72 bits per heavy atom. The zero-order chi connectivity index (χ0) is 20.8. The van der Waals surface area contributed by atoms with Crippen LogP contribution in [0.4, 0.5) is 0 Å². The Morgan fingerprint density at radius 2 is 1.97 bits per heavy atom. The summed E-state index contributed by atoms with van der Waals surface area (Å²) in [5.41, 5.74) is 2.57. The molecule has 2 N–H and O–H groups in total. The second-order valence-corrected chi connectivity index (χ2v) is 7.01. The van der Waals surface area contributed by atoms with Crippen molar-refractivity contribution in [2.75, 3.05) is 26.4 Å². The molecule has 0 radical (unpaired) electrons. The minimum absolute atomic E-state index is 0.178. The average molecular weight is 404 g/mol. The number of hydrogen-bond acceptors (Lipinski definition) is 6. The normalized spacial score (nSPS) is 18.7. The molecule has 0 aliphatic carbocycles. The maximum atomic E-state index is 12.8. The summed E-state index contributed by atoms with van der Waals surface area (Å²) in [5, 5.41) is 10.8. The molecule has 0 bridgehead atoms. The van der Waals surface area contributed by atoms with Gasteiger partial charge in [-0.25, -0.2) is 4.79 Å². The Hall–Kier alpha value is -2.78. The van der Waals surface area contributed by atoms with Crippen LogP contribution in [0.15, 0.2) is 18.2 Å². The summed E-state index contributed by atoms with van der Waals surface area (Å²) in [4.78, 5) is 48.2. The molecule has 1 aromatic rings. The summed E-state index contributed by atoms with van der Waals surface area (Å²) in [5.74, 6) is -1.90. The number of aryl methyl sites for hydroxylation is 1. The molecule has 3 rings (SSSR count). The lowest BCUT2D eigenvalue weighted by Gasteiger charge is -2.29. The van der Waals surface area contributed by atoms with E-state index in [0.717, 1.165) is 24.0 Å². The van der Waals surface area contributed by atoms with Crippen molar-refractivity contribution in [3.05, 3.63) is 34.9 Å². The van der Waals surface area contributed by atoms with Gasteiger partial charge in [0.1, 0.15) is 12.6 Å². The fourth-order valence-electron chi connectivity index (χ4n) is 3.63. The van der Waals surface area contributed by atoms with Gasteiger partial charge in [0.25, 0.3) is 5.91 Å². The lowest BCUT2D eigenvalue weighted by Crippen LogP contribution is -2.52. The van der Waals surface area contributed by atoms with Crippen molar-refractivity contribution < 1.29 is 33.8 Å². The SMILES string of the molecule is O=C(O)COCCOCCCc1cccc2c1CN(C1CCC(=O)NC1=O)C2=O. The highest BCUT2D eigenvalue weighted by molar-refractivity contribution is 6.05. The Labute approximate surface area is 168 Å². The largest absolute Gasteiger partial charge is 0.480 e. The minimum atomic E-state index is -1.01. The lowest BCUT2D eigenvalue weighted by atomic mass is 10.00. The number of carboxylic acid groups (broad SMARTS) is 1. The van der Waals surface area contributed by atoms with Crippen LogP contribution in [-0.4, -0.2) is 66.2 Å². The molecule has 0 aromatic heterocycles. The van der Waals surface area contributed by atoms with Gasteiger partial charge < -0.3 is 19.5 Å². The van der Waals surface area contributed by atoms with Crippen LogP contribution in [0.25, 0.3) is 0 Å². The van der Waals surface area contributed by atoms with Gasteiger partial charge in [-0.2, -0.15) is 0 Å². The van der Waals surface area contributed by atoms with Crippen LogP contribution in [0, 0.1) is 0 Å². The predicted molar refractivity (Wildman–Crippen MR) is 100 cm³/mol. The van der Waals surface area contributed by atoms with E-state index in [4.69, 9.17) is 14.6 Å². The Kier molecular flexibility index (Phi) is 6.95. The highest BCUT2D eigenvalue weighted by Crippen LogP contribution is 2.30. The Balaban J connectivity index is 1.51. The molecular weight excluding hydrogens is 380 g/mol. The first-order valence-electron chi connectivity index (χ1n) is 9.60. The van der Waals surface area contributed by atoms with Crippen LogP contribution in [0.1, 0.15) is 40.7 Å². The van der Waals surface area contributed by atoms with Gasteiger partial charge in [-0.15, -0.1) is 0 Å². The maximum Gasteiger partial charge on any atom is 0.329 e. The summed E-state index contributed by atoms with van der Waals surface area (Å²) in [6.07, 6.45) is 2.03. The van der Waals surface area contributed by atoms with E-state index in [2.05, 4.69) is 5.32 Å². The van der Waals surface area contributed by atoms with E-state index < -0.39 is 17.9 Å². The predicted octanol–water partition coefficient (Wildman–Crippen LogP) is 0.498. The number of imide groups is 1. The molecule has 156 valence electrons. The summed E-state index contributed by atoms with van der Waals surface area (Å²) in [6.45, 7) is 1.06. The number of ether oxygens (including phenoxy) is 2. The minimum Gasteiger partial charge on any atom is -0.480 e. The van der Waals surface area contributed by atoms with Gasteiger partial charge in [0.15, 0.2) is 0 Å². The molecule has 1 saturated heterocycles. The standard InChI is InChI=1S/C20H24N2O7/c23-17-7-6-16(19(26)21-17)22-11-15-13(3-1-5-14(15)20(22)27)4-2-8-28-9-10-29-12-18(24)25/h1,3,5,16H,2,4,6-12H2,(H,24,25)(H,21,23,26). The van der Waals surface area contributed by atoms with Gasteiger partial charge >= 0.3 is 5.97 Å². The Morgan fingerprint density at radius 1 is 1.17 bits per heavy atom.